The van der Waals surface area contributed by atoms with Gasteiger partial charge in [0.15, 0.2) is 0 Å². The maximum Gasteiger partial charge on any atom is 0.0164 e. The van der Waals surface area contributed by atoms with Gasteiger partial charge in [-0.2, -0.15) is 0 Å². The van der Waals surface area contributed by atoms with Crippen molar-refractivity contribution < 1.29 is 0 Å². The van der Waals surface area contributed by atoms with Gasteiger partial charge < -0.3 is 10.6 Å². The smallest absolute Gasteiger partial charge is 0.0164 e. The van der Waals surface area contributed by atoms with Crippen molar-refractivity contribution >= 4 is 0 Å². The lowest BCUT2D eigenvalue weighted by atomic mass is 10.1. The Morgan fingerprint density at radius 2 is 1.54 bits per heavy atom. The van der Waals surface area contributed by atoms with Gasteiger partial charge in [-0.05, 0) is 25.8 Å². The number of hydrogen-bond donors (Lipinski definition) is 2. The van der Waals surface area contributed by atoms with Crippen molar-refractivity contribution in [2.24, 2.45) is 5.92 Å². The van der Waals surface area contributed by atoms with Crippen LogP contribution in [0.1, 0.15) is 41.0 Å². The maximum absolute atomic E-state index is 3.51. The molecule has 0 bridgehead atoms. The molecular formula is C11H26N2. The molecule has 0 aromatic carbocycles. The second-order valence-corrected chi connectivity index (χ2v) is 4.60. The van der Waals surface area contributed by atoms with Crippen LogP contribution in [0.15, 0.2) is 0 Å². The first-order valence-corrected chi connectivity index (χ1v) is 5.49. The Morgan fingerprint density at radius 3 is 2.00 bits per heavy atom. The van der Waals surface area contributed by atoms with Gasteiger partial charge >= 0.3 is 0 Å². The minimum atomic E-state index is 0.584. The van der Waals surface area contributed by atoms with E-state index in [-0.39, 0.29) is 0 Å². The van der Waals surface area contributed by atoms with Crippen molar-refractivity contribution in [3.63, 3.8) is 0 Å². The second kappa shape index (κ2) is 7.34. The zero-order valence-electron chi connectivity index (χ0n) is 9.85. The van der Waals surface area contributed by atoms with Gasteiger partial charge in [-0.15, -0.1) is 0 Å². The lowest BCUT2D eigenvalue weighted by molar-refractivity contribution is 0.449. The molecule has 0 aromatic rings. The Labute approximate surface area is 83.5 Å². The average Bonchev–Trinajstić information content (AvgIpc) is 2.00. The van der Waals surface area contributed by atoms with Crippen LogP contribution in [0.4, 0.5) is 0 Å². The van der Waals surface area contributed by atoms with Gasteiger partial charge in [0, 0.05) is 18.6 Å². The van der Waals surface area contributed by atoms with E-state index < -0.39 is 0 Å². The van der Waals surface area contributed by atoms with Crippen LogP contribution in [0.5, 0.6) is 0 Å². The second-order valence-electron chi connectivity index (χ2n) is 4.60. The molecule has 0 aliphatic heterocycles. The Hall–Kier alpha value is -0.0800. The van der Waals surface area contributed by atoms with E-state index in [2.05, 4.69) is 45.3 Å². The van der Waals surface area contributed by atoms with Crippen molar-refractivity contribution in [3.05, 3.63) is 0 Å². The maximum atomic E-state index is 3.51. The molecule has 0 rings (SSSR count). The van der Waals surface area contributed by atoms with E-state index >= 15 is 0 Å². The molecule has 0 spiro atoms. The van der Waals surface area contributed by atoms with Gasteiger partial charge in [-0.1, -0.05) is 27.7 Å². The molecule has 0 saturated heterocycles. The molecule has 0 heterocycles. The van der Waals surface area contributed by atoms with Crippen molar-refractivity contribution in [2.45, 2.75) is 53.1 Å². The number of nitrogens with one attached hydrogen (secondary N) is 2. The third-order valence-corrected chi connectivity index (χ3v) is 2.05. The Bertz CT molecular complexity index is 111. The van der Waals surface area contributed by atoms with Crippen LogP contribution in [0, 0.1) is 5.92 Å². The quantitative estimate of drug-likeness (QED) is 0.635. The Morgan fingerprint density at radius 1 is 0.923 bits per heavy atom. The summed E-state index contributed by atoms with van der Waals surface area (Å²) in [5, 5.41) is 6.93. The van der Waals surface area contributed by atoms with Gasteiger partial charge in [0.25, 0.3) is 0 Å². The molecule has 80 valence electrons. The van der Waals surface area contributed by atoms with E-state index in [0.29, 0.717) is 12.1 Å². The third kappa shape index (κ3) is 9.84. The lowest BCUT2D eigenvalue weighted by Gasteiger charge is -2.17. The van der Waals surface area contributed by atoms with Crippen LogP contribution >= 0.6 is 0 Å². The topological polar surface area (TPSA) is 24.1 Å². The molecule has 2 N–H and O–H groups in total. The van der Waals surface area contributed by atoms with E-state index in [1.807, 2.05) is 0 Å². The van der Waals surface area contributed by atoms with Crippen molar-refractivity contribution in [3.8, 4) is 0 Å². The van der Waals surface area contributed by atoms with Crippen LogP contribution in [0.2, 0.25) is 0 Å². The summed E-state index contributed by atoms with van der Waals surface area (Å²) in [6.07, 6.45) is 1.27. The summed E-state index contributed by atoms with van der Waals surface area (Å²) >= 11 is 0. The van der Waals surface area contributed by atoms with Crippen LogP contribution in [0.25, 0.3) is 0 Å². The van der Waals surface area contributed by atoms with Crippen LogP contribution in [0.3, 0.4) is 0 Å². The highest BCUT2D eigenvalue weighted by Crippen LogP contribution is 1.96. The van der Waals surface area contributed by atoms with Crippen LogP contribution in [-0.2, 0) is 0 Å². The Balaban J connectivity index is 3.25. The molecule has 0 radical (unpaired) electrons. The predicted molar refractivity (Wildman–Crippen MR) is 60.1 cm³/mol. The fraction of sp³-hybridized carbons (Fsp3) is 1.00. The summed E-state index contributed by atoms with van der Waals surface area (Å²) in [5.41, 5.74) is 0. The molecule has 1 atom stereocenters. The Kier molecular flexibility index (Phi) is 7.29. The van der Waals surface area contributed by atoms with E-state index in [0.717, 1.165) is 19.0 Å². The lowest BCUT2D eigenvalue weighted by Crippen LogP contribution is -2.39. The molecule has 1 unspecified atom stereocenters. The fourth-order valence-corrected chi connectivity index (χ4v) is 1.10. The first kappa shape index (κ1) is 12.9. The molecule has 0 saturated carbocycles. The fourth-order valence-electron chi connectivity index (χ4n) is 1.10. The standard InChI is InChI=1S/C11H26N2/c1-9(2)6-7-12-11(5)8-13-10(3)4/h9-13H,6-8H2,1-5H3. The number of hydrogen-bond acceptors (Lipinski definition) is 2. The molecule has 2 nitrogen and oxygen atoms in total. The monoisotopic (exact) mass is 186 g/mol. The molecule has 0 aliphatic rings. The average molecular weight is 186 g/mol. The summed E-state index contributed by atoms with van der Waals surface area (Å²) in [6, 6.07) is 1.18. The van der Waals surface area contributed by atoms with Crippen molar-refractivity contribution in [1.82, 2.24) is 10.6 Å². The van der Waals surface area contributed by atoms with Gasteiger partial charge in [0.05, 0.1) is 0 Å². The first-order chi connectivity index (χ1) is 6.02. The van der Waals surface area contributed by atoms with E-state index in [4.69, 9.17) is 0 Å². The van der Waals surface area contributed by atoms with Gasteiger partial charge in [-0.25, -0.2) is 0 Å². The SMILES string of the molecule is CC(C)CCNC(C)CNC(C)C. The summed E-state index contributed by atoms with van der Waals surface area (Å²) in [4.78, 5) is 0. The molecule has 13 heavy (non-hydrogen) atoms. The minimum absolute atomic E-state index is 0.584. The zero-order chi connectivity index (χ0) is 10.3. The predicted octanol–water partition coefficient (Wildman–Crippen LogP) is 2.01. The molecule has 0 amide bonds. The van der Waals surface area contributed by atoms with Gasteiger partial charge in [0.1, 0.15) is 0 Å². The molecule has 0 aliphatic carbocycles. The summed E-state index contributed by atoms with van der Waals surface area (Å²) in [7, 11) is 0. The highest BCUT2D eigenvalue weighted by molar-refractivity contribution is 4.65. The third-order valence-electron chi connectivity index (χ3n) is 2.05. The largest absolute Gasteiger partial charge is 0.313 e. The highest BCUT2D eigenvalue weighted by Gasteiger charge is 2.01. The van der Waals surface area contributed by atoms with Gasteiger partial charge in [0.2, 0.25) is 0 Å². The van der Waals surface area contributed by atoms with Crippen LogP contribution < -0.4 is 10.6 Å². The molecule has 0 fully saturated rings. The molecule has 0 aromatic heterocycles. The minimum Gasteiger partial charge on any atom is -0.313 e. The first-order valence-electron chi connectivity index (χ1n) is 5.49. The van der Waals surface area contributed by atoms with Gasteiger partial charge in [-0.3, -0.25) is 0 Å². The zero-order valence-corrected chi connectivity index (χ0v) is 9.85. The van der Waals surface area contributed by atoms with Crippen molar-refractivity contribution in [1.29, 1.82) is 0 Å². The highest BCUT2D eigenvalue weighted by atomic mass is 15.0. The van der Waals surface area contributed by atoms with E-state index in [1.54, 1.807) is 0 Å². The normalized spacial score (nSPS) is 14.1. The van der Waals surface area contributed by atoms with E-state index in [1.165, 1.54) is 6.42 Å². The summed E-state index contributed by atoms with van der Waals surface area (Å²) in [5.74, 6) is 0.803. The van der Waals surface area contributed by atoms with Crippen molar-refractivity contribution in [2.75, 3.05) is 13.1 Å². The van der Waals surface area contributed by atoms with E-state index in [9.17, 15) is 0 Å². The number of rotatable bonds is 7. The summed E-state index contributed by atoms with van der Waals surface area (Å²) in [6.45, 7) is 13.3. The molecule has 2 heteroatoms. The molecular weight excluding hydrogens is 160 g/mol. The van der Waals surface area contributed by atoms with Crippen LogP contribution in [-0.4, -0.2) is 25.2 Å². The summed E-state index contributed by atoms with van der Waals surface area (Å²) < 4.78 is 0.